The van der Waals surface area contributed by atoms with Gasteiger partial charge in [-0.05, 0) is 57.7 Å². The molecule has 0 bridgehead atoms. The van der Waals surface area contributed by atoms with Crippen molar-refractivity contribution < 1.29 is 8.42 Å². The van der Waals surface area contributed by atoms with Crippen LogP contribution in [-0.4, -0.2) is 8.42 Å². The molecule has 3 nitrogen and oxygen atoms in total. The van der Waals surface area contributed by atoms with Gasteiger partial charge in [-0.25, -0.2) is 8.42 Å². The van der Waals surface area contributed by atoms with Crippen LogP contribution >= 0.6 is 31.9 Å². The summed E-state index contributed by atoms with van der Waals surface area (Å²) < 4.78 is 28.7. The smallest absolute Gasteiger partial charge is 0.263 e. The molecule has 0 saturated heterocycles. The van der Waals surface area contributed by atoms with Gasteiger partial charge in [0.25, 0.3) is 10.0 Å². The van der Waals surface area contributed by atoms with Crippen molar-refractivity contribution in [1.29, 1.82) is 0 Å². The summed E-state index contributed by atoms with van der Waals surface area (Å²) in [6, 6.07) is 12.4. The molecule has 0 aliphatic heterocycles. The lowest BCUT2D eigenvalue weighted by Crippen LogP contribution is -2.13. The van der Waals surface area contributed by atoms with Crippen molar-refractivity contribution in [3.8, 4) is 0 Å². The van der Waals surface area contributed by atoms with Gasteiger partial charge >= 0.3 is 0 Å². The van der Waals surface area contributed by atoms with E-state index in [1.165, 1.54) is 5.56 Å². The number of rotatable bonds is 4. The predicted molar refractivity (Wildman–Crippen MR) is 93.2 cm³/mol. The van der Waals surface area contributed by atoms with Crippen LogP contribution in [0.3, 0.4) is 0 Å². The van der Waals surface area contributed by atoms with Gasteiger partial charge in [-0.15, -0.1) is 0 Å². The Balaban J connectivity index is 2.31. The summed E-state index contributed by atoms with van der Waals surface area (Å²) in [5.41, 5.74) is 1.72. The normalized spacial score (nSPS) is 11.7. The molecule has 2 aromatic carbocycles. The summed E-state index contributed by atoms with van der Waals surface area (Å²) in [5.74, 6) is 0.412. The topological polar surface area (TPSA) is 46.2 Å². The molecule has 0 unspecified atom stereocenters. The monoisotopic (exact) mass is 431 g/mol. The molecule has 0 radical (unpaired) electrons. The van der Waals surface area contributed by atoms with Gasteiger partial charge in [0.2, 0.25) is 0 Å². The standard InChI is InChI=1S/C15H15Br2NO2S/c1-10(2)11-3-6-13(7-4-11)18-21(19,20)15-9-12(16)5-8-14(15)17/h3-10,18H,1-2H3. The van der Waals surface area contributed by atoms with E-state index >= 15 is 0 Å². The van der Waals surface area contributed by atoms with Crippen LogP contribution < -0.4 is 4.72 Å². The minimum atomic E-state index is -3.63. The summed E-state index contributed by atoms with van der Waals surface area (Å²) in [6.45, 7) is 4.19. The Labute approximate surface area is 142 Å². The maximum atomic E-state index is 12.4. The Morgan fingerprint density at radius 2 is 1.62 bits per heavy atom. The molecule has 0 atom stereocenters. The predicted octanol–water partition coefficient (Wildman–Crippen LogP) is 5.14. The van der Waals surface area contributed by atoms with Crippen LogP contribution in [0.4, 0.5) is 5.69 Å². The zero-order chi connectivity index (χ0) is 15.6. The molecule has 0 saturated carbocycles. The summed E-state index contributed by atoms with van der Waals surface area (Å²) in [4.78, 5) is 0.199. The molecule has 6 heteroatoms. The van der Waals surface area contributed by atoms with Gasteiger partial charge in [-0.2, -0.15) is 0 Å². The van der Waals surface area contributed by atoms with E-state index in [4.69, 9.17) is 0 Å². The lowest BCUT2D eigenvalue weighted by Gasteiger charge is -2.11. The van der Waals surface area contributed by atoms with Gasteiger partial charge < -0.3 is 0 Å². The molecule has 112 valence electrons. The molecule has 0 fully saturated rings. The number of nitrogens with one attached hydrogen (secondary N) is 1. The number of benzene rings is 2. The van der Waals surface area contributed by atoms with Gasteiger partial charge in [-0.1, -0.05) is 41.9 Å². The van der Waals surface area contributed by atoms with Gasteiger partial charge in [0.15, 0.2) is 0 Å². The summed E-state index contributed by atoms with van der Waals surface area (Å²) in [6.07, 6.45) is 0. The first kappa shape index (κ1) is 16.5. The summed E-state index contributed by atoms with van der Waals surface area (Å²) in [5, 5.41) is 0. The Morgan fingerprint density at radius 3 is 2.19 bits per heavy atom. The number of hydrogen-bond acceptors (Lipinski definition) is 2. The van der Waals surface area contributed by atoms with E-state index in [1.807, 2.05) is 12.1 Å². The molecule has 0 amide bonds. The maximum Gasteiger partial charge on any atom is 0.263 e. The van der Waals surface area contributed by atoms with Crippen LogP contribution in [0, 0.1) is 0 Å². The second-order valence-electron chi connectivity index (χ2n) is 4.96. The van der Waals surface area contributed by atoms with Crippen LogP contribution in [0.15, 0.2) is 56.3 Å². The molecule has 0 aliphatic carbocycles. The first-order chi connectivity index (χ1) is 9.79. The minimum absolute atomic E-state index is 0.199. The third kappa shape index (κ3) is 4.08. The van der Waals surface area contributed by atoms with Crippen molar-refractivity contribution in [2.75, 3.05) is 4.72 Å². The third-order valence-electron chi connectivity index (χ3n) is 3.01. The largest absolute Gasteiger partial charge is 0.280 e. The second kappa shape index (κ2) is 6.50. The van der Waals surface area contributed by atoms with E-state index in [-0.39, 0.29) is 4.90 Å². The van der Waals surface area contributed by atoms with Gasteiger partial charge in [0.05, 0.1) is 0 Å². The highest BCUT2D eigenvalue weighted by Gasteiger charge is 2.18. The lowest BCUT2D eigenvalue weighted by molar-refractivity contribution is 0.600. The Hall–Kier alpha value is -0.850. The zero-order valence-electron chi connectivity index (χ0n) is 11.6. The van der Waals surface area contributed by atoms with E-state index in [2.05, 4.69) is 50.4 Å². The molecule has 2 aromatic rings. The number of hydrogen-bond donors (Lipinski definition) is 1. The highest BCUT2D eigenvalue weighted by atomic mass is 79.9. The average Bonchev–Trinajstić information content (AvgIpc) is 2.41. The lowest BCUT2D eigenvalue weighted by atomic mass is 10.0. The Morgan fingerprint density at radius 1 is 1.00 bits per heavy atom. The Kier molecular flexibility index (Phi) is 5.11. The molecule has 0 aliphatic rings. The molecule has 1 N–H and O–H groups in total. The Bertz CT molecular complexity index is 741. The number of halogens is 2. The number of anilines is 1. The van der Waals surface area contributed by atoms with Crippen molar-refractivity contribution in [2.24, 2.45) is 0 Å². The van der Waals surface area contributed by atoms with Crippen LogP contribution in [-0.2, 0) is 10.0 Å². The van der Waals surface area contributed by atoms with E-state index in [0.717, 1.165) is 0 Å². The molecule has 21 heavy (non-hydrogen) atoms. The molecule has 2 rings (SSSR count). The van der Waals surface area contributed by atoms with E-state index in [1.54, 1.807) is 30.3 Å². The molecule has 0 aromatic heterocycles. The van der Waals surface area contributed by atoms with Crippen LogP contribution in [0.25, 0.3) is 0 Å². The highest BCUT2D eigenvalue weighted by Crippen LogP contribution is 2.27. The van der Waals surface area contributed by atoms with Crippen LogP contribution in [0.2, 0.25) is 0 Å². The van der Waals surface area contributed by atoms with Crippen molar-refractivity contribution in [2.45, 2.75) is 24.7 Å². The molecular formula is C15H15Br2NO2S. The van der Waals surface area contributed by atoms with Crippen molar-refractivity contribution in [1.82, 2.24) is 0 Å². The zero-order valence-corrected chi connectivity index (χ0v) is 15.6. The first-order valence-electron chi connectivity index (χ1n) is 6.37. The van der Waals surface area contributed by atoms with Gasteiger partial charge in [-0.3, -0.25) is 4.72 Å². The minimum Gasteiger partial charge on any atom is -0.280 e. The van der Waals surface area contributed by atoms with Crippen LogP contribution in [0.1, 0.15) is 25.3 Å². The SMILES string of the molecule is CC(C)c1ccc(NS(=O)(=O)c2cc(Br)ccc2Br)cc1. The van der Waals surface area contributed by atoms with E-state index in [0.29, 0.717) is 20.6 Å². The fraction of sp³-hybridized carbons (Fsp3) is 0.200. The average molecular weight is 433 g/mol. The first-order valence-corrected chi connectivity index (χ1v) is 9.44. The molecule has 0 heterocycles. The van der Waals surface area contributed by atoms with E-state index < -0.39 is 10.0 Å². The quantitative estimate of drug-likeness (QED) is 0.727. The number of sulfonamides is 1. The van der Waals surface area contributed by atoms with Crippen LogP contribution in [0.5, 0.6) is 0 Å². The van der Waals surface area contributed by atoms with Crippen molar-refractivity contribution in [3.63, 3.8) is 0 Å². The highest BCUT2D eigenvalue weighted by molar-refractivity contribution is 9.11. The third-order valence-corrected chi connectivity index (χ3v) is 5.88. The molecular weight excluding hydrogens is 418 g/mol. The fourth-order valence-corrected chi connectivity index (χ4v) is 4.39. The van der Waals surface area contributed by atoms with Crippen molar-refractivity contribution >= 4 is 47.6 Å². The molecule has 0 spiro atoms. The maximum absolute atomic E-state index is 12.4. The fourth-order valence-electron chi connectivity index (χ4n) is 1.83. The van der Waals surface area contributed by atoms with E-state index in [9.17, 15) is 8.42 Å². The van der Waals surface area contributed by atoms with Gasteiger partial charge in [0, 0.05) is 14.6 Å². The summed E-state index contributed by atoms with van der Waals surface area (Å²) in [7, 11) is -3.63. The summed E-state index contributed by atoms with van der Waals surface area (Å²) >= 11 is 6.56. The van der Waals surface area contributed by atoms with Gasteiger partial charge in [0.1, 0.15) is 4.90 Å². The second-order valence-corrected chi connectivity index (χ2v) is 8.38. The van der Waals surface area contributed by atoms with Crippen molar-refractivity contribution in [3.05, 3.63) is 57.0 Å².